The smallest absolute Gasteiger partial charge is 0.289 e. The third-order valence-electron chi connectivity index (χ3n) is 3.27. The molecule has 1 aromatic carbocycles. The molecule has 1 aromatic rings. The number of halogens is 2. The van der Waals surface area contributed by atoms with E-state index in [4.69, 9.17) is 23.2 Å². The molecule has 2 N–H and O–H groups in total. The summed E-state index contributed by atoms with van der Waals surface area (Å²) >= 11 is 13.4. The van der Waals surface area contributed by atoms with Crippen LogP contribution in [0.2, 0.25) is 10.0 Å². The highest BCUT2D eigenvalue weighted by molar-refractivity contribution is 7.99. The molecule has 0 spiro atoms. The molecule has 124 valence electrons. The number of rotatable bonds is 6. The number of hydrogen-bond acceptors (Lipinski definition) is 4. The van der Waals surface area contributed by atoms with E-state index in [0.717, 1.165) is 17.1 Å². The molecule has 0 radical (unpaired) electrons. The van der Waals surface area contributed by atoms with Gasteiger partial charge in [0.1, 0.15) is 0 Å². The van der Waals surface area contributed by atoms with Gasteiger partial charge in [0.15, 0.2) is 5.76 Å². The lowest BCUT2D eigenvalue weighted by atomic mass is 10.2. The SMILES string of the molecule is CN1CC(C(=O)NCCCSc2ccc(Cl)c(Cl)c2)=C(O)C1=O. The first-order valence-electron chi connectivity index (χ1n) is 6.93. The zero-order chi connectivity index (χ0) is 17.0. The fraction of sp³-hybridized carbons (Fsp3) is 0.333. The van der Waals surface area contributed by atoms with Crippen LogP contribution < -0.4 is 5.32 Å². The van der Waals surface area contributed by atoms with Crippen molar-refractivity contribution in [3.05, 3.63) is 39.6 Å². The van der Waals surface area contributed by atoms with Crippen LogP contribution in [-0.4, -0.2) is 47.7 Å². The van der Waals surface area contributed by atoms with Crippen LogP contribution in [0.15, 0.2) is 34.4 Å². The van der Waals surface area contributed by atoms with Crippen molar-refractivity contribution in [3.63, 3.8) is 0 Å². The molecule has 0 unspecified atom stereocenters. The molecule has 0 aliphatic carbocycles. The van der Waals surface area contributed by atoms with Crippen LogP contribution in [0.25, 0.3) is 0 Å². The number of hydrogen-bond donors (Lipinski definition) is 2. The maximum Gasteiger partial charge on any atom is 0.289 e. The normalized spacial score (nSPS) is 14.6. The Hall–Kier alpha value is -1.37. The molecule has 5 nitrogen and oxygen atoms in total. The Labute approximate surface area is 148 Å². The average molecular weight is 375 g/mol. The van der Waals surface area contributed by atoms with Gasteiger partial charge >= 0.3 is 0 Å². The molecule has 2 amide bonds. The first-order valence-corrected chi connectivity index (χ1v) is 8.68. The van der Waals surface area contributed by atoms with E-state index in [2.05, 4.69) is 5.32 Å². The van der Waals surface area contributed by atoms with Crippen molar-refractivity contribution >= 4 is 46.8 Å². The molecule has 0 bridgehead atoms. The van der Waals surface area contributed by atoms with E-state index >= 15 is 0 Å². The summed E-state index contributed by atoms with van der Waals surface area (Å²) in [4.78, 5) is 25.6. The molecule has 0 saturated carbocycles. The first-order chi connectivity index (χ1) is 10.9. The Morgan fingerprint density at radius 1 is 1.39 bits per heavy atom. The number of likely N-dealkylation sites (N-methyl/N-ethyl adjacent to an activating group) is 1. The summed E-state index contributed by atoms with van der Waals surface area (Å²) in [5.74, 6) is -0.595. The van der Waals surface area contributed by atoms with Gasteiger partial charge in [-0.15, -0.1) is 11.8 Å². The number of aliphatic hydroxyl groups is 1. The monoisotopic (exact) mass is 374 g/mol. The van der Waals surface area contributed by atoms with E-state index in [-0.39, 0.29) is 12.1 Å². The second-order valence-corrected chi connectivity index (χ2v) is 7.00. The fourth-order valence-electron chi connectivity index (χ4n) is 2.01. The highest BCUT2D eigenvalue weighted by atomic mass is 35.5. The van der Waals surface area contributed by atoms with Gasteiger partial charge < -0.3 is 15.3 Å². The number of thioether (sulfide) groups is 1. The molecule has 0 fully saturated rings. The Morgan fingerprint density at radius 2 is 2.13 bits per heavy atom. The van der Waals surface area contributed by atoms with Crippen LogP contribution in [0.3, 0.4) is 0 Å². The van der Waals surface area contributed by atoms with E-state index < -0.39 is 17.6 Å². The minimum Gasteiger partial charge on any atom is -0.503 e. The second-order valence-electron chi connectivity index (χ2n) is 5.02. The lowest BCUT2D eigenvalue weighted by Gasteiger charge is -2.08. The number of benzene rings is 1. The molecule has 1 aliphatic rings. The van der Waals surface area contributed by atoms with E-state index in [0.29, 0.717) is 16.6 Å². The third-order valence-corrected chi connectivity index (χ3v) is 5.09. The summed E-state index contributed by atoms with van der Waals surface area (Å²) in [6, 6.07) is 5.44. The van der Waals surface area contributed by atoms with Gasteiger partial charge in [-0.3, -0.25) is 9.59 Å². The van der Waals surface area contributed by atoms with Crippen LogP contribution in [0.4, 0.5) is 0 Å². The minimum absolute atomic E-state index is 0.120. The van der Waals surface area contributed by atoms with Gasteiger partial charge in [-0.05, 0) is 30.4 Å². The van der Waals surface area contributed by atoms with Gasteiger partial charge in [0.05, 0.1) is 22.2 Å². The highest BCUT2D eigenvalue weighted by Gasteiger charge is 2.31. The lowest BCUT2D eigenvalue weighted by Crippen LogP contribution is -2.29. The topological polar surface area (TPSA) is 69.6 Å². The second kappa shape index (κ2) is 7.95. The summed E-state index contributed by atoms with van der Waals surface area (Å²) < 4.78 is 0. The quantitative estimate of drug-likeness (QED) is 0.593. The predicted octanol–water partition coefficient (Wildman–Crippen LogP) is 2.88. The minimum atomic E-state index is -0.523. The van der Waals surface area contributed by atoms with Crippen molar-refractivity contribution in [3.8, 4) is 0 Å². The average Bonchev–Trinajstić information content (AvgIpc) is 2.78. The number of nitrogens with zero attached hydrogens (tertiary/aromatic N) is 1. The van der Waals surface area contributed by atoms with Crippen molar-refractivity contribution in [1.29, 1.82) is 0 Å². The molecule has 0 atom stereocenters. The molecule has 0 aromatic heterocycles. The summed E-state index contributed by atoms with van der Waals surface area (Å²) in [7, 11) is 1.53. The third kappa shape index (κ3) is 4.56. The summed E-state index contributed by atoms with van der Waals surface area (Å²) in [5, 5.41) is 13.3. The number of nitrogens with one attached hydrogen (secondary N) is 1. The molecule has 23 heavy (non-hydrogen) atoms. The number of carbonyl (C=O) groups is 2. The molecule has 2 rings (SSSR count). The van der Waals surface area contributed by atoms with Crippen molar-refractivity contribution in [1.82, 2.24) is 10.2 Å². The standard InChI is InChI=1S/C15H16Cl2N2O3S/c1-19-8-10(13(20)15(19)22)14(21)18-5-2-6-23-9-3-4-11(16)12(17)7-9/h3-4,7,20H,2,5-6,8H2,1H3,(H,18,21). The lowest BCUT2D eigenvalue weighted by molar-refractivity contribution is -0.126. The Balaban J connectivity index is 1.72. The van der Waals surface area contributed by atoms with E-state index in [1.165, 1.54) is 11.9 Å². The van der Waals surface area contributed by atoms with Gasteiger partial charge in [0.2, 0.25) is 0 Å². The maximum absolute atomic E-state index is 11.9. The first kappa shape index (κ1) is 18.0. The largest absolute Gasteiger partial charge is 0.503 e. The summed E-state index contributed by atoms with van der Waals surface area (Å²) in [6.07, 6.45) is 0.745. The molecule has 0 saturated heterocycles. The number of carbonyl (C=O) groups excluding carboxylic acids is 2. The van der Waals surface area contributed by atoms with Gasteiger partial charge in [-0.1, -0.05) is 23.2 Å². The number of amides is 2. The van der Waals surface area contributed by atoms with E-state index in [9.17, 15) is 14.7 Å². The summed E-state index contributed by atoms with van der Waals surface area (Å²) in [6.45, 7) is 0.594. The van der Waals surface area contributed by atoms with Gasteiger partial charge in [-0.25, -0.2) is 0 Å². The predicted molar refractivity (Wildman–Crippen MR) is 92.1 cm³/mol. The Kier molecular flexibility index (Phi) is 6.21. The fourth-order valence-corrected chi connectivity index (χ4v) is 3.26. The Bertz CT molecular complexity index is 664. The number of aliphatic hydroxyl groups excluding tert-OH is 1. The molecule has 8 heteroatoms. The van der Waals surface area contributed by atoms with E-state index in [1.54, 1.807) is 23.9 Å². The van der Waals surface area contributed by atoms with Crippen LogP contribution >= 0.6 is 35.0 Å². The summed E-state index contributed by atoms with van der Waals surface area (Å²) in [5.41, 5.74) is 0.120. The molecule has 1 aliphatic heterocycles. The Morgan fingerprint density at radius 3 is 2.74 bits per heavy atom. The van der Waals surface area contributed by atoms with Crippen molar-refractivity contribution in [2.45, 2.75) is 11.3 Å². The van der Waals surface area contributed by atoms with Crippen molar-refractivity contribution < 1.29 is 14.7 Å². The zero-order valence-corrected chi connectivity index (χ0v) is 14.8. The van der Waals surface area contributed by atoms with Gasteiger partial charge in [0.25, 0.3) is 11.8 Å². The molecule has 1 heterocycles. The van der Waals surface area contributed by atoms with Crippen molar-refractivity contribution in [2.75, 3.05) is 25.9 Å². The zero-order valence-electron chi connectivity index (χ0n) is 12.4. The van der Waals surface area contributed by atoms with E-state index in [1.807, 2.05) is 6.07 Å². The molecular formula is C15H16Cl2N2O3S. The van der Waals surface area contributed by atoms with Crippen LogP contribution in [-0.2, 0) is 9.59 Å². The van der Waals surface area contributed by atoms with Crippen molar-refractivity contribution in [2.24, 2.45) is 0 Å². The molecular weight excluding hydrogens is 359 g/mol. The van der Waals surface area contributed by atoms with Gasteiger partial charge in [0, 0.05) is 18.5 Å². The highest BCUT2D eigenvalue weighted by Crippen LogP contribution is 2.28. The van der Waals surface area contributed by atoms with Crippen LogP contribution in [0.1, 0.15) is 6.42 Å². The van der Waals surface area contributed by atoms with Gasteiger partial charge in [-0.2, -0.15) is 0 Å². The van der Waals surface area contributed by atoms with Crippen LogP contribution in [0, 0.1) is 0 Å². The van der Waals surface area contributed by atoms with Crippen LogP contribution in [0.5, 0.6) is 0 Å². The maximum atomic E-state index is 11.9.